The van der Waals surface area contributed by atoms with E-state index in [4.69, 9.17) is 0 Å². The molecule has 0 saturated heterocycles. The van der Waals surface area contributed by atoms with Crippen molar-refractivity contribution in [3.63, 3.8) is 0 Å². The van der Waals surface area contributed by atoms with Gasteiger partial charge in [-0.2, -0.15) is 0 Å². The number of hydrogen-bond acceptors (Lipinski definition) is 2. The van der Waals surface area contributed by atoms with Crippen molar-refractivity contribution in [2.24, 2.45) is 0 Å². The van der Waals surface area contributed by atoms with Crippen molar-refractivity contribution in [1.82, 2.24) is 4.90 Å². The van der Waals surface area contributed by atoms with Gasteiger partial charge < -0.3 is 5.11 Å². The Balaban J connectivity index is 2.85. The van der Waals surface area contributed by atoms with Gasteiger partial charge in [0.2, 0.25) is 0 Å². The van der Waals surface area contributed by atoms with E-state index in [9.17, 15) is 5.11 Å². The van der Waals surface area contributed by atoms with Gasteiger partial charge in [-0.1, -0.05) is 45.4 Å². The smallest absolute Gasteiger partial charge is 0.120 e. The standard InChI is InChI=1S/C15H25NO/c1-4-7-12-16(6-3)14(5-2)13-10-8-9-11-15(13)17/h8-11,14,17H,4-7,12H2,1-3H3. The van der Waals surface area contributed by atoms with Crippen molar-refractivity contribution in [3.05, 3.63) is 29.8 Å². The van der Waals surface area contributed by atoms with E-state index in [0.717, 1.165) is 25.1 Å². The molecule has 0 aromatic heterocycles. The molecule has 0 radical (unpaired) electrons. The van der Waals surface area contributed by atoms with E-state index in [-0.39, 0.29) is 0 Å². The van der Waals surface area contributed by atoms with Crippen molar-refractivity contribution in [2.75, 3.05) is 13.1 Å². The Hall–Kier alpha value is -1.02. The lowest BCUT2D eigenvalue weighted by Crippen LogP contribution is -2.29. The molecule has 0 heterocycles. The molecule has 0 fully saturated rings. The van der Waals surface area contributed by atoms with Crippen LogP contribution in [0, 0.1) is 0 Å². The third-order valence-electron chi connectivity index (χ3n) is 3.33. The zero-order chi connectivity index (χ0) is 12.7. The number of phenols is 1. The first-order valence-electron chi connectivity index (χ1n) is 6.76. The largest absolute Gasteiger partial charge is 0.508 e. The number of aromatic hydroxyl groups is 1. The quantitative estimate of drug-likeness (QED) is 0.773. The molecule has 0 amide bonds. The summed E-state index contributed by atoms with van der Waals surface area (Å²) in [6, 6.07) is 8.05. The summed E-state index contributed by atoms with van der Waals surface area (Å²) in [6.45, 7) is 8.74. The molecule has 1 unspecified atom stereocenters. The van der Waals surface area contributed by atoms with Crippen molar-refractivity contribution >= 4 is 0 Å². The molecule has 96 valence electrons. The molecule has 1 rings (SSSR count). The molecule has 0 spiro atoms. The lowest BCUT2D eigenvalue weighted by Gasteiger charge is -2.30. The molecule has 1 atom stereocenters. The second-order valence-corrected chi connectivity index (χ2v) is 4.47. The Morgan fingerprint density at radius 1 is 1.18 bits per heavy atom. The van der Waals surface area contributed by atoms with Crippen LogP contribution in [0.1, 0.15) is 51.6 Å². The first-order chi connectivity index (χ1) is 8.24. The van der Waals surface area contributed by atoms with E-state index < -0.39 is 0 Å². The van der Waals surface area contributed by atoms with Gasteiger partial charge in [0.05, 0.1) is 0 Å². The normalized spacial score (nSPS) is 12.9. The van der Waals surface area contributed by atoms with Gasteiger partial charge in [0.25, 0.3) is 0 Å². The monoisotopic (exact) mass is 235 g/mol. The van der Waals surface area contributed by atoms with Crippen LogP contribution < -0.4 is 0 Å². The Morgan fingerprint density at radius 3 is 2.41 bits per heavy atom. The van der Waals surface area contributed by atoms with Gasteiger partial charge in [0.15, 0.2) is 0 Å². The summed E-state index contributed by atoms with van der Waals surface area (Å²) in [5, 5.41) is 9.96. The Morgan fingerprint density at radius 2 is 1.88 bits per heavy atom. The van der Waals surface area contributed by atoms with Gasteiger partial charge in [0, 0.05) is 11.6 Å². The van der Waals surface area contributed by atoms with Crippen LogP contribution >= 0.6 is 0 Å². The number of nitrogens with zero attached hydrogens (tertiary/aromatic N) is 1. The highest BCUT2D eigenvalue weighted by molar-refractivity contribution is 5.34. The van der Waals surface area contributed by atoms with Crippen LogP contribution in [0.2, 0.25) is 0 Å². The molecule has 0 aliphatic heterocycles. The van der Waals surface area contributed by atoms with Crippen molar-refractivity contribution in [1.29, 1.82) is 0 Å². The predicted molar refractivity (Wildman–Crippen MR) is 73.3 cm³/mol. The van der Waals surface area contributed by atoms with Crippen molar-refractivity contribution in [3.8, 4) is 5.75 Å². The summed E-state index contributed by atoms with van der Waals surface area (Å²) in [7, 11) is 0. The van der Waals surface area contributed by atoms with Gasteiger partial charge in [-0.3, -0.25) is 4.90 Å². The first-order valence-corrected chi connectivity index (χ1v) is 6.76. The third-order valence-corrected chi connectivity index (χ3v) is 3.33. The van der Waals surface area contributed by atoms with E-state index in [0.29, 0.717) is 11.8 Å². The van der Waals surface area contributed by atoms with Crippen LogP contribution in [0.25, 0.3) is 0 Å². The molecule has 0 aliphatic rings. The minimum Gasteiger partial charge on any atom is -0.508 e. The maximum atomic E-state index is 9.96. The molecule has 0 bridgehead atoms. The van der Waals surface area contributed by atoms with Gasteiger partial charge in [-0.15, -0.1) is 0 Å². The highest BCUT2D eigenvalue weighted by Crippen LogP contribution is 2.30. The summed E-state index contributed by atoms with van der Waals surface area (Å²) in [5.74, 6) is 0.425. The van der Waals surface area contributed by atoms with E-state index in [1.165, 1.54) is 12.8 Å². The van der Waals surface area contributed by atoms with Crippen LogP contribution in [-0.2, 0) is 0 Å². The molecule has 17 heavy (non-hydrogen) atoms. The predicted octanol–water partition coefficient (Wildman–Crippen LogP) is 3.97. The highest BCUT2D eigenvalue weighted by atomic mass is 16.3. The third kappa shape index (κ3) is 3.74. The fourth-order valence-electron chi connectivity index (χ4n) is 2.34. The molecular weight excluding hydrogens is 210 g/mol. The minimum atomic E-state index is 0.341. The number of para-hydroxylation sites is 1. The summed E-state index contributed by atoms with van der Waals surface area (Å²) in [4.78, 5) is 2.46. The Labute approximate surface area is 105 Å². The summed E-state index contributed by atoms with van der Waals surface area (Å²) >= 11 is 0. The van der Waals surface area contributed by atoms with Gasteiger partial charge in [-0.25, -0.2) is 0 Å². The molecule has 1 N–H and O–H groups in total. The lowest BCUT2D eigenvalue weighted by molar-refractivity contribution is 0.196. The van der Waals surface area contributed by atoms with Crippen molar-refractivity contribution in [2.45, 2.75) is 46.1 Å². The second kappa shape index (κ2) is 7.33. The number of unbranched alkanes of at least 4 members (excludes halogenated alkanes) is 1. The Kier molecular flexibility index (Phi) is 6.06. The zero-order valence-corrected chi connectivity index (χ0v) is 11.3. The van der Waals surface area contributed by atoms with Crippen LogP contribution in [0.5, 0.6) is 5.75 Å². The topological polar surface area (TPSA) is 23.5 Å². The van der Waals surface area contributed by atoms with Gasteiger partial charge in [0.1, 0.15) is 5.75 Å². The highest BCUT2D eigenvalue weighted by Gasteiger charge is 2.19. The summed E-state index contributed by atoms with van der Waals surface area (Å²) < 4.78 is 0. The number of rotatable bonds is 7. The van der Waals surface area contributed by atoms with E-state index in [2.05, 4.69) is 25.7 Å². The maximum Gasteiger partial charge on any atom is 0.120 e. The zero-order valence-electron chi connectivity index (χ0n) is 11.3. The molecule has 2 nitrogen and oxygen atoms in total. The van der Waals surface area contributed by atoms with Gasteiger partial charge >= 0.3 is 0 Å². The number of hydrogen-bond donors (Lipinski definition) is 1. The molecule has 2 heteroatoms. The van der Waals surface area contributed by atoms with E-state index >= 15 is 0 Å². The summed E-state index contributed by atoms with van der Waals surface area (Å²) in [5.41, 5.74) is 1.06. The second-order valence-electron chi connectivity index (χ2n) is 4.47. The molecule has 0 aliphatic carbocycles. The average Bonchev–Trinajstić information content (AvgIpc) is 2.36. The van der Waals surface area contributed by atoms with E-state index in [1.54, 1.807) is 6.07 Å². The minimum absolute atomic E-state index is 0.341. The van der Waals surface area contributed by atoms with Crippen LogP contribution in [-0.4, -0.2) is 23.1 Å². The Bertz CT molecular complexity index is 324. The van der Waals surface area contributed by atoms with Crippen molar-refractivity contribution < 1.29 is 5.11 Å². The number of benzene rings is 1. The maximum absolute atomic E-state index is 9.96. The lowest BCUT2D eigenvalue weighted by atomic mass is 10.0. The molecule has 1 aromatic rings. The van der Waals surface area contributed by atoms with Crippen LogP contribution in [0.4, 0.5) is 0 Å². The van der Waals surface area contributed by atoms with Crippen LogP contribution in [0.15, 0.2) is 24.3 Å². The SMILES string of the molecule is CCCCN(CC)C(CC)c1ccccc1O. The number of phenolic OH excluding ortho intramolecular Hbond substituents is 1. The first kappa shape index (κ1) is 14.0. The fourth-order valence-corrected chi connectivity index (χ4v) is 2.34. The molecular formula is C15H25NO. The van der Waals surface area contributed by atoms with Gasteiger partial charge in [-0.05, 0) is 32.0 Å². The summed E-state index contributed by atoms with van der Waals surface area (Å²) in [6.07, 6.45) is 3.47. The fraction of sp³-hybridized carbons (Fsp3) is 0.600. The molecule has 0 saturated carbocycles. The van der Waals surface area contributed by atoms with Crippen LogP contribution in [0.3, 0.4) is 0 Å². The van der Waals surface area contributed by atoms with E-state index in [1.807, 2.05) is 18.2 Å². The average molecular weight is 235 g/mol. The molecule has 1 aromatic carbocycles.